The van der Waals surface area contributed by atoms with Crippen molar-refractivity contribution >= 4 is 44.0 Å². The zero-order valence-corrected chi connectivity index (χ0v) is 9.46. The molecule has 2 heterocycles. The summed E-state index contributed by atoms with van der Waals surface area (Å²) in [6, 6.07) is 0. The molecule has 2 rings (SSSR count). The highest BCUT2D eigenvalue weighted by molar-refractivity contribution is 14.1. The van der Waals surface area contributed by atoms with Crippen LogP contribution in [0, 0.1) is 3.57 Å². The summed E-state index contributed by atoms with van der Waals surface area (Å²) in [4.78, 5) is 13.8. The third-order valence-electron chi connectivity index (χ3n) is 1.48. The maximum atomic E-state index is 11.3. The van der Waals surface area contributed by atoms with Crippen LogP contribution >= 0.6 is 38.5 Å². The number of hydrogen-bond donors (Lipinski definition) is 1. The lowest BCUT2D eigenvalue weighted by molar-refractivity contribution is 0.887. The molecule has 6 heteroatoms. The fourth-order valence-corrected chi connectivity index (χ4v) is 1.94. The molecule has 0 amide bonds. The van der Waals surface area contributed by atoms with E-state index >= 15 is 0 Å². The Morgan fingerprint density at radius 2 is 2.42 bits per heavy atom. The highest BCUT2D eigenvalue weighted by atomic mass is 127. The molecule has 0 aliphatic rings. The second-order valence-corrected chi connectivity index (χ2v) is 4.16. The normalized spacial score (nSPS) is 10.8. The average molecular weight is 340 g/mol. The number of rotatable bonds is 0. The summed E-state index contributed by atoms with van der Waals surface area (Å²) in [5.41, 5.74) is 0.404. The summed E-state index contributed by atoms with van der Waals surface area (Å²) in [7, 11) is 0. The number of fused-ring (bicyclic) bond motifs is 1. The highest BCUT2D eigenvalue weighted by Crippen LogP contribution is 2.22. The maximum absolute atomic E-state index is 11.3. The van der Waals surface area contributed by atoms with Crippen molar-refractivity contribution in [2.75, 3.05) is 0 Å². The molecule has 2 aromatic rings. The third-order valence-corrected chi connectivity index (χ3v) is 3.84. The monoisotopic (exact) mass is 339 g/mol. The van der Waals surface area contributed by atoms with E-state index in [1.165, 1.54) is 6.33 Å². The van der Waals surface area contributed by atoms with Gasteiger partial charge in [0, 0.05) is 9.77 Å². The topological polar surface area (TPSA) is 50.2 Å². The number of nitrogens with zero attached hydrogens (tertiary/aromatic N) is 2. The first-order valence-electron chi connectivity index (χ1n) is 3.10. The molecule has 0 atom stereocenters. The van der Waals surface area contributed by atoms with Gasteiger partial charge < -0.3 is 4.98 Å². The Balaban J connectivity index is 3.07. The highest BCUT2D eigenvalue weighted by Gasteiger charge is 2.08. The molecule has 2 aromatic heterocycles. The minimum atomic E-state index is -0.139. The molecule has 62 valence electrons. The Bertz CT molecular complexity index is 489. The second kappa shape index (κ2) is 2.84. The lowest BCUT2D eigenvalue weighted by Crippen LogP contribution is -2.09. The van der Waals surface area contributed by atoms with E-state index in [1.54, 1.807) is 10.7 Å². The summed E-state index contributed by atoms with van der Waals surface area (Å²) in [5, 5.41) is 3.95. The van der Waals surface area contributed by atoms with Gasteiger partial charge in [-0.25, -0.2) is 4.52 Å². The van der Waals surface area contributed by atoms with E-state index in [9.17, 15) is 4.79 Å². The molecule has 0 saturated heterocycles. The zero-order chi connectivity index (χ0) is 8.72. The van der Waals surface area contributed by atoms with Gasteiger partial charge >= 0.3 is 0 Å². The minimum absolute atomic E-state index is 0.139. The van der Waals surface area contributed by atoms with Gasteiger partial charge in [-0.2, -0.15) is 5.10 Å². The number of halogens is 2. The quantitative estimate of drug-likeness (QED) is 0.737. The van der Waals surface area contributed by atoms with E-state index in [2.05, 4.69) is 48.6 Å². The van der Waals surface area contributed by atoms with Gasteiger partial charge in [-0.05, 0) is 38.5 Å². The number of hydrogen-bond acceptors (Lipinski definition) is 2. The van der Waals surface area contributed by atoms with E-state index in [0.717, 1.165) is 8.04 Å². The molecular weight excluding hydrogens is 337 g/mol. The molecule has 0 bridgehead atoms. The molecule has 4 nitrogen and oxygen atoms in total. The van der Waals surface area contributed by atoms with Gasteiger partial charge in [0.25, 0.3) is 5.56 Å². The molecule has 0 radical (unpaired) electrons. The molecule has 0 aromatic carbocycles. The number of aromatic amines is 1. The predicted octanol–water partition coefficient (Wildman–Crippen LogP) is 1.39. The van der Waals surface area contributed by atoms with Gasteiger partial charge in [-0.15, -0.1) is 0 Å². The average Bonchev–Trinajstić information content (AvgIpc) is 2.29. The number of H-pyrrole nitrogens is 1. The van der Waals surface area contributed by atoms with E-state index < -0.39 is 0 Å². The molecule has 1 N–H and O–H groups in total. The summed E-state index contributed by atoms with van der Waals surface area (Å²) in [5.74, 6) is 0. The van der Waals surface area contributed by atoms with E-state index in [4.69, 9.17) is 0 Å². The molecular formula is C6H3BrIN3O. The molecule has 0 fully saturated rings. The van der Waals surface area contributed by atoms with Crippen LogP contribution in [0.2, 0.25) is 0 Å². The molecule has 0 spiro atoms. The predicted molar refractivity (Wildman–Crippen MR) is 56.2 cm³/mol. The second-order valence-electron chi connectivity index (χ2n) is 2.20. The Labute approximate surface area is 89.2 Å². The van der Waals surface area contributed by atoms with Gasteiger partial charge in [0.15, 0.2) is 0 Å². The van der Waals surface area contributed by atoms with E-state index in [1.807, 2.05) is 0 Å². The van der Waals surface area contributed by atoms with Crippen molar-refractivity contribution in [3.05, 3.63) is 30.9 Å². The van der Waals surface area contributed by atoms with Crippen LogP contribution in [-0.4, -0.2) is 14.6 Å². The Kier molecular flexibility index (Phi) is 1.95. The van der Waals surface area contributed by atoms with Crippen molar-refractivity contribution in [1.29, 1.82) is 0 Å². The smallest absolute Gasteiger partial charge is 0.276 e. The first-order valence-corrected chi connectivity index (χ1v) is 4.97. The van der Waals surface area contributed by atoms with Crippen LogP contribution in [0.15, 0.2) is 21.8 Å². The van der Waals surface area contributed by atoms with Crippen LogP contribution in [0.5, 0.6) is 0 Å². The molecule has 0 saturated carbocycles. The van der Waals surface area contributed by atoms with Crippen molar-refractivity contribution in [2.45, 2.75) is 0 Å². The Morgan fingerprint density at radius 3 is 3.08 bits per heavy atom. The third kappa shape index (κ3) is 1.09. The van der Waals surface area contributed by atoms with Crippen LogP contribution in [0.3, 0.4) is 0 Å². The van der Waals surface area contributed by atoms with Crippen LogP contribution in [0.25, 0.3) is 5.52 Å². The lowest BCUT2D eigenvalue weighted by Gasteiger charge is -1.89. The summed E-state index contributed by atoms with van der Waals surface area (Å²) < 4.78 is 3.30. The Hall–Kier alpha value is -0.370. The van der Waals surface area contributed by atoms with E-state index in [-0.39, 0.29) is 5.56 Å². The first-order chi connectivity index (χ1) is 5.70. The largest absolute Gasteiger partial charge is 0.310 e. The van der Waals surface area contributed by atoms with Crippen molar-refractivity contribution in [3.8, 4) is 0 Å². The fourth-order valence-electron chi connectivity index (χ4n) is 0.955. The van der Waals surface area contributed by atoms with Gasteiger partial charge in [0.05, 0.1) is 4.47 Å². The van der Waals surface area contributed by atoms with Gasteiger partial charge in [0.2, 0.25) is 0 Å². The molecule has 12 heavy (non-hydrogen) atoms. The standard InChI is InChI=1S/C6H3BrIN3O/c7-4-3(8)1-11-5(4)6(12)9-2-10-11/h1-2H,(H,9,10,12). The lowest BCUT2D eigenvalue weighted by atomic mass is 10.5. The zero-order valence-electron chi connectivity index (χ0n) is 5.71. The molecule has 0 aliphatic carbocycles. The van der Waals surface area contributed by atoms with E-state index in [0.29, 0.717) is 5.52 Å². The number of aromatic nitrogens is 3. The Morgan fingerprint density at radius 1 is 1.67 bits per heavy atom. The molecule has 0 aliphatic heterocycles. The SMILES string of the molecule is O=c1[nH]cnn2cc(I)c(Br)c12. The van der Waals surface area contributed by atoms with Gasteiger partial charge in [-0.1, -0.05) is 0 Å². The van der Waals surface area contributed by atoms with Crippen molar-refractivity contribution < 1.29 is 0 Å². The van der Waals surface area contributed by atoms with Crippen LogP contribution in [-0.2, 0) is 0 Å². The number of nitrogens with one attached hydrogen (secondary N) is 1. The summed E-state index contributed by atoms with van der Waals surface area (Å²) in [6.07, 6.45) is 3.16. The van der Waals surface area contributed by atoms with Crippen molar-refractivity contribution in [1.82, 2.24) is 14.6 Å². The minimum Gasteiger partial charge on any atom is -0.310 e. The first kappa shape index (κ1) is 8.24. The van der Waals surface area contributed by atoms with Crippen LogP contribution in [0.1, 0.15) is 0 Å². The maximum Gasteiger partial charge on any atom is 0.276 e. The van der Waals surface area contributed by atoms with Gasteiger partial charge in [-0.3, -0.25) is 4.79 Å². The molecule has 0 unspecified atom stereocenters. The summed E-state index contributed by atoms with van der Waals surface area (Å²) >= 11 is 5.45. The van der Waals surface area contributed by atoms with Crippen molar-refractivity contribution in [2.24, 2.45) is 0 Å². The van der Waals surface area contributed by atoms with Gasteiger partial charge in [0.1, 0.15) is 11.8 Å². The van der Waals surface area contributed by atoms with Crippen LogP contribution in [0.4, 0.5) is 0 Å². The van der Waals surface area contributed by atoms with Crippen LogP contribution < -0.4 is 5.56 Å². The van der Waals surface area contributed by atoms with Crippen molar-refractivity contribution in [3.63, 3.8) is 0 Å². The fraction of sp³-hybridized carbons (Fsp3) is 0. The summed E-state index contributed by atoms with van der Waals surface area (Å²) in [6.45, 7) is 0.